The van der Waals surface area contributed by atoms with E-state index in [2.05, 4.69) is 5.32 Å². The number of rotatable bonds is 5. The lowest BCUT2D eigenvalue weighted by atomic mass is 10.00. The monoisotopic (exact) mass is 486 g/mol. The number of imidazole rings is 1. The maximum atomic E-state index is 13.6. The zero-order chi connectivity index (χ0) is 24.5. The van der Waals surface area contributed by atoms with Crippen molar-refractivity contribution >= 4 is 35.2 Å². The van der Waals surface area contributed by atoms with Crippen LogP contribution in [0.1, 0.15) is 29.8 Å². The Morgan fingerprint density at radius 2 is 1.69 bits per heavy atom. The summed E-state index contributed by atoms with van der Waals surface area (Å²) in [6, 6.07) is 21.6. The molecule has 176 valence electrons. The van der Waals surface area contributed by atoms with Gasteiger partial charge in [0, 0.05) is 28.7 Å². The minimum absolute atomic E-state index is 0.0331. The summed E-state index contributed by atoms with van der Waals surface area (Å²) in [5.74, 6) is 0.788. The van der Waals surface area contributed by atoms with Crippen LogP contribution in [0, 0.1) is 12.7 Å². The fourth-order valence-corrected chi connectivity index (χ4v) is 4.23. The normalized spacial score (nSPS) is 13.4. The van der Waals surface area contributed by atoms with Gasteiger partial charge in [-0.2, -0.15) is 0 Å². The lowest BCUT2D eigenvalue weighted by Crippen LogP contribution is -2.32. The van der Waals surface area contributed by atoms with Gasteiger partial charge in [-0.05, 0) is 67.9 Å². The highest BCUT2D eigenvalue weighted by Gasteiger charge is 2.27. The van der Waals surface area contributed by atoms with E-state index in [1.165, 1.54) is 12.1 Å². The van der Waals surface area contributed by atoms with Gasteiger partial charge in [0.25, 0.3) is 0 Å². The van der Waals surface area contributed by atoms with Gasteiger partial charge in [0.1, 0.15) is 23.2 Å². The van der Waals surface area contributed by atoms with E-state index in [1.807, 2.05) is 61.0 Å². The van der Waals surface area contributed by atoms with Gasteiger partial charge in [-0.25, -0.2) is 9.37 Å². The first-order valence-electron chi connectivity index (χ1n) is 11.3. The molecule has 4 aromatic rings. The van der Waals surface area contributed by atoms with Crippen molar-refractivity contribution in [2.24, 2.45) is 0 Å². The fraction of sp³-hybridized carbons (Fsp3) is 0.143. The molecule has 0 saturated carbocycles. The number of carbonyl (C=O) groups excluding carboxylic acids is 1. The molecule has 0 aliphatic carbocycles. The average Bonchev–Trinajstić information content (AvgIpc) is 3.23. The number of fused-ring (bicyclic) bond motifs is 1. The van der Waals surface area contributed by atoms with Crippen molar-refractivity contribution < 1.29 is 9.18 Å². The topological polar surface area (TPSA) is 50.2 Å². The number of nitrogens with zero attached hydrogens (tertiary/aromatic N) is 3. The average molecular weight is 487 g/mol. The van der Waals surface area contributed by atoms with E-state index in [0.29, 0.717) is 23.1 Å². The van der Waals surface area contributed by atoms with Crippen molar-refractivity contribution in [2.75, 3.05) is 5.32 Å². The summed E-state index contributed by atoms with van der Waals surface area (Å²) in [6.07, 6.45) is 3.61. The van der Waals surface area contributed by atoms with Gasteiger partial charge in [0.05, 0.1) is 12.5 Å². The number of carbonyl (C=O) groups is 1. The van der Waals surface area contributed by atoms with Crippen LogP contribution in [-0.4, -0.2) is 20.4 Å². The molecular weight excluding hydrogens is 463 g/mol. The van der Waals surface area contributed by atoms with Crippen LogP contribution in [0.3, 0.4) is 0 Å². The highest BCUT2D eigenvalue weighted by atomic mass is 35.5. The number of hydrogen-bond acceptors (Lipinski definition) is 3. The number of hydrogen-bond donors (Lipinski definition) is 1. The third-order valence-electron chi connectivity index (χ3n) is 6.15. The molecule has 0 fully saturated rings. The molecule has 1 aliphatic rings. The van der Waals surface area contributed by atoms with E-state index >= 15 is 0 Å². The van der Waals surface area contributed by atoms with Gasteiger partial charge >= 0.3 is 0 Å². The van der Waals surface area contributed by atoms with Crippen LogP contribution in [0.15, 0.2) is 79.0 Å². The quantitative estimate of drug-likeness (QED) is 0.331. The van der Waals surface area contributed by atoms with Crippen molar-refractivity contribution in [1.29, 1.82) is 0 Å². The zero-order valence-corrected chi connectivity index (χ0v) is 20.1. The highest BCUT2D eigenvalue weighted by molar-refractivity contribution is 6.30. The van der Waals surface area contributed by atoms with Crippen LogP contribution < -0.4 is 5.32 Å². The number of benzene rings is 3. The van der Waals surface area contributed by atoms with Crippen LogP contribution in [0.4, 0.5) is 15.9 Å². The Hall–Kier alpha value is -3.90. The molecule has 0 bridgehead atoms. The minimum atomic E-state index is -0.333. The molecule has 1 unspecified atom stereocenters. The Labute approximate surface area is 208 Å². The van der Waals surface area contributed by atoms with E-state index in [4.69, 9.17) is 16.6 Å². The maximum Gasteiger partial charge on any atom is 0.234 e. The summed E-state index contributed by atoms with van der Waals surface area (Å²) in [7, 11) is 0. The Morgan fingerprint density at radius 3 is 2.37 bits per heavy atom. The van der Waals surface area contributed by atoms with E-state index in [-0.39, 0.29) is 17.6 Å². The molecule has 5 rings (SSSR count). The predicted molar refractivity (Wildman–Crippen MR) is 138 cm³/mol. The summed E-state index contributed by atoms with van der Waals surface area (Å²) in [5, 5.41) is 4.09. The van der Waals surface area contributed by atoms with Gasteiger partial charge in [-0.1, -0.05) is 41.4 Å². The molecule has 1 atom stereocenters. The number of nitrogens with one attached hydrogen (secondary N) is 1. The Morgan fingerprint density at radius 1 is 1.00 bits per heavy atom. The number of anilines is 2. The molecule has 1 amide bonds. The second-order valence-electron chi connectivity index (χ2n) is 8.63. The second kappa shape index (κ2) is 9.39. The van der Waals surface area contributed by atoms with Crippen molar-refractivity contribution in [2.45, 2.75) is 26.3 Å². The lowest BCUT2D eigenvalue weighted by molar-refractivity contribution is -0.130. The van der Waals surface area contributed by atoms with Gasteiger partial charge in [0.2, 0.25) is 5.91 Å². The fourth-order valence-electron chi connectivity index (χ4n) is 4.10. The molecule has 5 nitrogen and oxygen atoms in total. The van der Waals surface area contributed by atoms with Gasteiger partial charge in [0.15, 0.2) is 0 Å². The molecule has 0 spiro atoms. The van der Waals surface area contributed by atoms with Crippen LogP contribution in [0.2, 0.25) is 5.02 Å². The van der Waals surface area contributed by atoms with Gasteiger partial charge < -0.3 is 10.2 Å². The Kier molecular flexibility index (Phi) is 6.14. The molecule has 2 heterocycles. The number of aromatic nitrogens is 2. The van der Waals surface area contributed by atoms with Crippen LogP contribution in [0.5, 0.6) is 0 Å². The van der Waals surface area contributed by atoms with Crippen molar-refractivity contribution in [3.8, 4) is 11.3 Å². The summed E-state index contributed by atoms with van der Waals surface area (Å²) in [6.45, 7) is 4.24. The molecule has 3 aromatic carbocycles. The third kappa shape index (κ3) is 4.70. The van der Waals surface area contributed by atoms with Gasteiger partial charge in [-0.15, -0.1) is 0 Å². The molecule has 0 saturated heterocycles. The molecular formula is C28H24ClFN4O. The lowest BCUT2D eigenvalue weighted by Gasteiger charge is -2.25. The van der Waals surface area contributed by atoms with Gasteiger partial charge in [-0.3, -0.25) is 9.36 Å². The first kappa shape index (κ1) is 22.9. The Balaban J connectivity index is 1.48. The molecule has 7 heteroatoms. The van der Waals surface area contributed by atoms with Crippen LogP contribution >= 0.6 is 11.6 Å². The van der Waals surface area contributed by atoms with E-state index in [0.717, 1.165) is 28.2 Å². The minimum Gasteiger partial charge on any atom is -0.339 e. The summed E-state index contributed by atoms with van der Waals surface area (Å²) >= 11 is 6.00. The number of amides is 1. The predicted octanol–water partition coefficient (Wildman–Crippen LogP) is 6.97. The summed E-state index contributed by atoms with van der Waals surface area (Å²) in [4.78, 5) is 19.8. The van der Waals surface area contributed by atoms with E-state index in [9.17, 15) is 9.18 Å². The second-order valence-corrected chi connectivity index (χ2v) is 9.07. The first-order chi connectivity index (χ1) is 16.9. The standard InChI is InChI=1S/C28H24ClFN4O/c1-18-3-13-24(14-4-18)31-27-26(21-7-11-23(30)12-8-21)32-25-17-33(15-16-34(25)27)28(35)19(2)20-5-9-22(29)10-6-20/h3-16,19,31H,17H2,1-2H3. The molecule has 0 radical (unpaired) electrons. The molecule has 1 N–H and O–H groups in total. The van der Waals surface area contributed by atoms with Crippen LogP contribution in [0.25, 0.3) is 17.5 Å². The molecule has 35 heavy (non-hydrogen) atoms. The number of aryl methyl sites for hydroxylation is 1. The van der Waals surface area contributed by atoms with Crippen molar-refractivity contribution in [1.82, 2.24) is 14.5 Å². The smallest absolute Gasteiger partial charge is 0.234 e. The van der Waals surface area contributed by atoms with Crippen molar-refractivity contribution in [3.63, 3.8) is 0 Å². The number of halogens is 2. The zero-order valence-electron chi connectivity index (χ0n) is 19.4. The molecule has 1 aliphatic heterocycles. The van der Waals surface area contributed by atoms with Crippen molar-refractivity contribution in [3.05, 3.63) is 107 Å². The van der Waals surface area contributed by atoms with E-state index < -0.39 is 0 Å². The van der Waals surface area contributed by atoms with Crippen LogP contribution in [-0.2, 0) is 11.3 Å². The maximum absolute atomic E-state index is 13.6. The third-order valence-corrected chi connectivity index (χ3v) is 6.40. The first-order valence-corrected chi connectivity index (χ1v) is 11.7. The Bertz CT molecular complexity index is 1390. The highest BCUT2D eigenvalue weighted by Crippen LogP contribution is 2.34. The SMILES string of the molecule is Cc1ccc(Nc2c(-c3ccc(F)cc3)nc3n2C=CN(C(=O)C(C)c2ccc(Cl)cc2)C3)cc1. The van der Waals surface area contributed by atoms with E-state index in [1.54, 1.807) is 35.4 Å². The largest absolute Gasteiger partial charge is 0.339 e. The molecule has 1 aromatic heterocycles. The summed E-state index contributed by atoms with van der Waals surface area (Å²) < 4.78 is 15.5. The summed E-state index contributed by atoms with van der Waals surface area (Å²) in [5.41, 5.74) is 4.43.